The van der Waals surface area contributed by atoms with Crippen LogP contribution in [0.2, 0.25) is 0 Å². The molecule has 3 rings (SSSR count). The van der Waals surface area contributed by atoms with Gasteiger partial charge in [0.15, 0.2) is 5.78 Å². The molecule has 1 spiro atoms. The van der Waals surface area contributed by atoms with Gasteiger partial charge in [0.05, 0.1) is 16.0 Å². The monoisotopic (exact) mass is 261 g/mol. The highest BCUT2D eigenvalue weighted by Gasteiger charge is 2.55. The Labute approximate surface area is 113 Å². The zero-order chi connectivity index (χ0) is 12.8. The van der Waals surface area contributed by atoms with E-state index in [2.05, 4.69) is 25.3 Å². The quantitative estimate of drug-likeness (QED) is 0.669. The zero-order valence-electron chi connectivity index (χ0n) is 11.0. The van der Waals surface area contributed by atoms with Crippen LogP contribution < -0.4 is 0 Å². The second kappa shape index (κ2) is 4.09. The van der Waals surface area contributed by atoms with E-state index in [9.17, 15) is 4.79 Å². The minimum atomic E-state index is -0.0947. The van der Waals surface area contributed by atoms with Crippen molar-refractivity contribution in [3.05, 3.63) is 24.3 Å². The third-order valence-electron chi connectivity index (χ3n) is 4.72. The molecule has 2 atom stereocenters. The van der Waals surface area contributed by atoms with E-state index in [4.69, 9.17) is 4.99 Å². The fraction of sp³-hybridized carbons (Fsp3) is 0.600. The van der Waals surface area contributed by atoms with Crippen molar-refractivity contribution in [2.75, 3.05) is 6.26 Å². The molecule has 2 unspecified atom stereocenters. The van der Waals surface area contributed by atoms with Gasteiger partial charge in [0, 0.05) is 5.92 Å². The molecule has 0 radical (unpaired) electrons. The van der Waals surface area contributed by atoms with Crippen LogP contribution in [0.1, 0.15) is 32.6 Å². The molecule has 1 saturated carbocycles. The number of hydrogen-bond acceptors (Lipinski definition) is 3. The lowest BCUT2D eigenvalue weighted by Gasteiger charge is -2.41. The van der Waals surface area contributed by atoms with Crippen LogP contribution in [-0.2, 0) is 4.79 Å². The highest BCUT2D eigenvalue weighted by molar-refractivity contribution is 8.13. The highest BCUT2D eigenvalue weighted by atomic mass is 32.2. The third kappa shape index (κ3) is 1.56. The topological polar surface area (TPSA) is 29.4 Å². The van der Waals surface area contributed by atoms with Gasteiger partial charge in [-0.05, 0) is 38.2 Å². The van der Waals surface area contributed by atoms with E-state index in [0.717, 1.165) is 0 Å². The van der Waals surface area contributed by atoms with Gasteiger partial charge in [-0.15, -0.1) is 11.8 Å². The van der Waals surface area contributed by atoms with Gasteiger partial charge in [-0.1, -0.05) is 25.0 Å². The molecule has 3 aliphatic rings. The predicted molar refractivity (Wildman–Crippen MR) is 77.0 cm³/mol. The molecule has 0 N–H and O–H groups in total. The number of fused-ring (bicyclic) bond motifs is 2. The molecule has 3 heteroatoms. The fourth-order valence-electron chi connectivity index (χ4n) is 3.83. The minimum Gasteiger partial charge on any atom is -0.290 e. The third-order valence-corrected chi connectivity index (χ3v) is 5.55. The Morgan fingerprint density at radius 2 is 2.06 bits per heavy atom. The van der Waals surface area contributed by atoms with E-state index in [-0.39, 0.29) is 16.7 Å². The van der Waals surface area contributed by atoms with Crippen LogP contribution in [0.15, 0.2) is 29.3 Å². The maximum Gasteiger partial charge on any atom is 0.178 e. The normalized spacial score (nSPS) is 36.9. The van der Waals surface area contributed by atoms with Crippen molar-refractivity contribution >= 4 is 22.6 Å². The fourth-order valence-corrected chi connectivity index (χ4v) is 4.76. The zero-order valence-corrected chi connectivity index (χ0v) is 11.8. The molecule has 18 heavy (non-hydrogen) atoms. The molecular formula is C15H19NOS. The predicted octanol–water partition coefficient (Wildman–Crippen LogP) is 3.39. The first-order valence-electron chi connectivity index (χ1n) is 6.67. The van der Waals surface area contributed by atoms with Crippen LogP contribution in [0.3, 0.4) is 0 Å². The molecule has 1 heterocycles. The molecule has 1 fully saturated rings. The molecule has 0 aromatic carbocycles. The van der Waals surface area contributed by atoms with Crippen molar-refractivity contribution in [3.63, 3.8) is 0 Å². The molecule has 0 saturated heterocycles. The second-order valence-corrected chi connectivity index (χ2v) is 6.57. The first-order chi connectivity index (χ1) is 8.61. The van der Waals surface area contributed by atoms with E-state index in [1.807, 2.05) is 0 Å². The summed E-state index contributed by atoms with van der Waals surface area (Å²) in [5, 5.41) is 1.19. The SMILES string of the molecule is CSC1=NC2(C)CCCCC2C12C=CC(=O)C=C2. The second-order valence-electron chi connectivity index (χ2n) is 5.78. The molecule has 1 aliphatic heterocycles. The Morgan fingerprint density at radius 3 is 2.72 bits per heavy atom. The summed E-state index contributed by atoms with van der Waals surface area (Å²) in [7, 11) is 0. The number of ketones is 1. The van der Waals surface area contributed by atoms with Crippen molar-refractivity contribution < 1.29 is 4.79 Å². The number of thioether (sulfide) groups is 1. The number of nitrogens with zero attached hydrogens (tertiary/aromatic N) is 1. The van der Waals surface area contributed by atoms with E-state index in [0.29, 0.717) is 5.92 Å². The first-order valence-corrected chi connectivity index (χ1v) is 7.90. The van der Waals surface area contributed by atoms with Gasteiger partial charge in [-0.2, -0.15) is 0 Å². The van der Waals surface area contributed by atoms with Gasteiger partial charge in [-0.25, -0.2) is 0 Å². The number of hydrogen-bond donors (Lipinski definition) is 0. The molecule has 0 aromatic rings. The molecular weight excluding hydrogens is 242 g/mol. The van der Waals surface area contributed by atoms with Crippen LogP contribution in [-0.4, -0.2) is 22.6 Å². The average Bonchev–Trinajstić information content (AvgIpc) is 2.62. The lowest BCUT2D eigenvalue weighted by atomic mass is 9.62. The van der Waals surface area contributed by atoms with Crippen LogP contribution in [0.4, 0.5) is 0 Å². The highest BCUT2D eigenvalue weighted by Crippen LogP contribution is 2.56. The van der Waals surface area contributed by atoms with Gasteiger partial charge in [0.2, 0.25) is 0 Å². The standard InChI is InChI=1S/C15H19NOS/c1-14-8-4-3-5-12(14)15(13(16-14)18-2)9-6-11(17)7-10-15/h6-7,9-10,12H,3-5,8H2,1-2H3. The van der Waals surface area contributed by atoms with Crippen molar-refractivity contribution in [2.24, 2.45) is 16.3 Å². The van der Waals surface area contributed by atoms with Gasteiger partial charge in [0.1, 0.15) is 0 Å². The van der Waals surface area contributed by atoms with Crippen molar-refractivity contribution in [1.82, 2.24) is 0 Å². The summed E-state index contributed by atoms with van der Waals surface area (Å²) in [5.74, 6) is 0.632. The van der Waals surface area contributed by atoms with E-state index in [1.165, 1.54) is 30.7 Å². The summed E-state index contributed by atoms with van der Waals surface area (Å²) in [5.41, 5.74) is -0.0197. The molecule has 0 amide bonds. The van der Waals surface area contributed by atoms with E-state index >= 15 is 0 Å². The Morgan fingerprint density at radius 1 is 1.33 bits per heavy atom. The summed E-state index contributed by atoms with van der Waals surface area (Å²) >= 11 is 1.74. The first kappa shape index (κ1) is 12.2. The lowest BCUT2D eigenvalue weighted by molar-refractivity contribution is -0.110. The maximum absolute atomic E-state index is 11.4. The summed E-state index contributed by atoms with van der Waals surface area (Å²) < 4.78 is 0. The summed E-state index contributed by atoms with van der Waals surface area (Å²) in [6, 6.07) is 0. The smallest absolute Gasteiger partial charge is 0.178 e. The van der Waals surface area contributed by atoms with Crippen molar-refractivity contribution in [2.45, 2.75) is 38.1 Å². The molecule has 2 nitrogen and oxygen atoms in total. The van der Waals surface area contributed by atoms with Crippen LogP contribution >= 0.6 is 11.8 Å². The number of carbonyl (C=O) groups excluding carboxylic acids is 1. The molecule has 0 aromatic heterocycles. The van der Waals surface area contributed by atoms with E-state index < -0.39 is 0 Å². The maximum atomic E-state index is 11.4. The van der Waals surface area contributed by atoms with Gasteiger partial charge < -0.3 is 0 Å². The van der Waals surface area contributed by atoms with Gasteiger partial charge in [0.25, 0.3) is 0 Å². The Balaban J connectivity index is 2.08. The average molecular weight is 261 g/mol. The largest absolute Gasteiger partial charge is 0.290 e. The Hall–Kier alpha value is -0.830. The number of aliphatic imine (C=N–C) groups is 1. The van der Waals surface area contributed by atoms with Gasteiger partial charge in [-0.3, -0.25) is 9.79 Å². The minimum absolute atomic E-state index is 0.0751. The van der Waals surface area contributed by atoms with Crippen LogP contribution in [0.25, 0.3) is 0 Å². The summed E-state index contributed by atoms with van der Waals surface area (Å²) in [4.78, 5) is 16.4. The number of carbonyl (C=O) groups is 1. The Kier molecular flexibility index (Phi) is 2.77. The number of rotatable bonds is 0. The number of allylic oxidation sites excluding steroid dienone is 4. The van der Waals surface area contributed by atoms with Crippen LogP contribution in [0.5, 0.6) is 0 Å². The summed E-state index contributed by atoms with van der Waals surface area (Å²) in [6.07, 6.45) is 14.7. The van der Waals surface area contributed by atoms with Crippen molar-refractivity contribution in [1.29, 1.82) is 0 Å². The van der Waals surface area contributed by atoms with Gasteiger partial charge >= 0.3 is 0 Å². The molecule has 0 bridgehead atoms. The molecule has 96 valence electrons. The van der Waals surface area contributed by atoms with Crippen molar-refractivity contribution in [3.8, 4) is 0 Å². The molecule has 2 aliphatic carbocycles. The van der Waals surface area contributed by atoms with Crippen LogP contribution in [0, 0.1) is 11.3 Å². The Bertz CT molecular complexity index is 461. The van der Waals surface area contributed by atoms with E-state index in [1.54, 1.807) is 23.9 Å². The summed E-state index contributed by atoms with van der Waals surface area (Å²) in [6.45, 7) is 2.29. The lowest BCUT2D eigenvalue weighted by Crippen LogP contribution is -2.42.